The van der Waals surface area contributed by atoms with E-state index in [-0.39, 0.29) is 11.1 Å². The van der Waals surface area contributed by atoms with E-state index < -0.39 is 0 Å². The van der Waals surface area contributed by atoms with Crippen molar-refractivity contribution in [3.05, 3.63) is 61.8 Å². The van der Waals surface area contributed by atoms with Gasteiger partial charge in [0.25, 0.3) is 11.1 Å². The number of nitrogens with zero attached hydrogens (tertiary/aromatic N) is 3. The Morgan fingerprint density at radius 3 is 2.60 bits per heavy atom. The van der Waals surface area contributed by atoms with Crippen LogP contribution in [0.2, 0.25) is 5.02 Å². The van der Waals surface area contributed by atoms with Gasteiger partial charge in [-0.15, -0.1) is 0 Å². The summed E-state index contributed by atoms with van der Waals surface area (Å²) in [6.45, 7) is 3.27. The fourth-order valence-corrected chi connectivity index (χ4v) is 3.26. The number of para-hydroxylation sites is 1. The van der Waals surface area contributed by atoms with Gasteiger partial charge in [-0.05, 0) is 46.1 Å². The smallest absolute Gasteiger partial charge is 0.280 e. The van der Waals surface area contributed by atoms with Crippen LogP contribution in [0.5, 0.6) is 0 Å². The summed E-state index contributed by atoms with van der Waals surface area (Å²) in [5.74, 6) is 0. The van der Waals surface area contributed by atoms with Gasteiger partial charge >= 0.3 is 0 Å². The van der Waals surface area contributed by atoms with Gasteiger partial charge in [-0.25, -0.2) is 4.68 Å². The van der Waals surface area contributed by atoms with Crippen molar-refractivity contribution in [2.45, 2.75) is 19.9 Å². The van der Waals surface area contributed by atoms with Crippen LogP contribution in [0.4, 0.5) is 0 Å². The lowest BCUT2D eigenvalue weighted by molar-refractivity contribution is 0.384. The second-order valence-corrected chi connectivity index (χ2v) is 6.78. The lowest BCUT2D eigenvalue weighted by Gasteiger charge is -2.12. The molecule has 6 nitrogen and oxygen atoms in total. The Kier molecular flexibility index (Phi) is 4.83. The zero-order valence-corrected chi connectivity index (χ0v) is 15.3. The van der Waals surface area contributed by atoms with E-state index in [9.17, 15) is 9.59 Å². The average molecular weight is 361 g/mol. The molecule has 0 aliphatic heterocycles. The molecule has 2 aromatic heterocycles. The number of nitrogens with one attached hydrogen (secondary N) is 1. The molecule has 0 aliphatic rings. The minimum atomic E-state index is -0.207. The largest absolute Gasteiger partial charge is 0.312 e. The van der Waals surface area contributed by atoms with Crippen molar-refractivity contribution < 1.29 is 0 Å². The SMILES string of the molecule is Cc1c2c(=O)n(-c3ccccc3Cl)[nH]c2cc(=O)n1CCCN(C)C. The predicted molar refractivity (Wildman–Crippen MR) is 101 cm³/mol. The molecule has 0 saturated carbocycles. The van der Waals surface area contributed by atoms with Crippen LogP contribution in [0, 0.1) is 6.92 Å². The van der Waals surface area contributed by atoms with Gasteiger partial charge in [0.2, 0.25) is 0 Å². The van der Waals surface area contributed by atoms with Crippen LogP contribution in [0.1, 0.15) is 12.1 Å². The van der Waals surface area contributed by atoms with Crippen molar-refractivity contribution >= 4 is 22.5 Å². The molecule has 0 fully saturated rings. The van der Waals surface area contributed by atoms with Gasteiger partial charge in [0.15, 0.2) is 0 Å². The van der Waals surface area contributed by atoms with Crippen molar-refractivity contribution in [1.82, 2.24) is 19.2 Å². The first-order valence-electron chi connectivity index (χ1n) is 8.15. The molecule has 0 unspecified atom stereocenters. The normalized spacial score (nSPS) is 11.6. The van der Waals surface area contributed by atoms with E-state index in [1.165, 1.54) is 10.7 Å². The van der Waals surface area contributed by atoms with Gasteiger partial charge in [-0.2, -0.15) is 0 Å². The Bertz CT molecular complexity index is 1030. The van der Waals surface area contributed by atoms with E-state index in [2.05, 4.69) is 10.00 Å². The van der Waals surface area contributed by atoms with Gasteiger partial charge in [0.1, 0.15) is 0 Å². The third kappa shape index (κ3) is 3.27. The van der Waals surface area contributed by atoms with Crippen molar-refractivity contribution in [3.63, 3.8) is 0 Å². The highest BCUT2D eigenvalue weighted by molar-refractivity contribution is 6.32. The van der Waals surface area contributed by atoms with Crippen molar-refractivity contribution in [2.24, 2.45) is 0 Å². The molecule has 132 valence electrons. The number of aromatic nitrogens is 3. The summed E-state index contributed by atoms with van der Waals surface area (Å²) in [6.07, 6.45) is 0.836. The Morgan fingerprint density at radius 1 is 1.20 bits per heavy atom. The molecule has 1 N–H and O–H groups in total. The fraction of sp³-hybridized carbons (Fsp3) is 0.333. The van der Waals surface area contributed by atoms with Crippen molar-refractivity contribution in [3.8, 4) is 5.69 Å². The third-order valence-electron chi connectivity index (χ3n) is 4.30. The van der Waals surface area contributed by atoms with Crippen molar-refractivity contribution in [2.75, 3.05) is 20.6 Å². The highest BCUT2D eigenvalue weighted by atomic mass is 35.5. The molecule has 0 atom stereocenters. The van der Waals surface area contributed by atoms with E-state index in [1.807, 2.05) is 27.1 Å². The summed E-state index contributed by atoms with van der Waals surface area (Å²) in [4.78, 5) is 27.4. The molecule has 0 saturated heterocycles. The minimum absolute atomic E-state index is 0.115. The summed E-state index contributed by atoms with van der Waals surface area (Å²) in [6, 6.07) is 8.58. The topological polar surface area (TPSA) is 63.0 Å². The highest BCUT2D eigenvalue weighted by Crippen LogP contribution is 2.20. The summed E-state index contributed by atoms with van der Waals surface area (Å²) < 4.78 is 3.06. The van der Waals surface area contributed by atoms with Crippen molar-refractivity contribution in [1.29, 1.82) is 0 Å². The second-order valence-electron chi connectivity index (χ2n) is 6.37. The molecule has 3 rings (SSSR count). The molecule has 3 aromatic rings. The van der Waals surface area contributed by atoms with Crippen LogP contribution >= 0.6 is 11.6 Å². The molecule has 0 amide bonds. The van der Waals surface area contributed by atoms with Gasteiger partial charge < -0.3 is 9.47 Å². The number of H-pyrrole nitrogens is 1. The summed E-state index contributed by atoms with van der Waals surface area (Å²) in [5.41, 5.74) is 1.44. The second kappa shape index (κ2) is 6.90. The lowest BCUT2D eigenvalue weighted by atomic mass is 10.2. The number of rotatable bonds is 5. The van der Waals surface area contributed by atoms with Gasteiger partial charge in [-0.3, -0.25) is 14.7 Å². The number of halogens is 1. The minimum Gasteiger partial charge on any atom is -0.312 e. The molecule has 0 radical (unpaired) electrons. The molecule has 7 heteroatoms. The average Bonchev–Trinajstić information content (AvgIpc) is 2.87. The quantitative estimate of drug-likeness (QED) is 0.760. The van der Waals surface area contributed by atoms with E-state index in [1.54, 1.807) is 22.8 Å². The molecular weight excluding hydrogens is 340 g/mol. The third-order valence-corrected chi connectivity index (χ3v) is 4.62. The molecule has 1 aromatic carbocycles. The molecule has 2 heterocycles. The number of hydrogen-bond acceptors (Lipinski definition) is 3. The Balaban J connectivity index is 2.13. The van der Waals surface area contributed by atoms with Crippen LogP contribution in [-0.4, -0.2) is 39.9 Å². The zero-order valence-electron chi connectivity index (χ0n) is 14.5. The predicted octanol–water partition coefficient (Wildman–Crippen LogP) is 2.39. The number of aromatic amines is 1. The van der Waals surface area contributed by atoms with Gasteiger partial charge in [0.05, 0.1) is 21.6 Å². The van der Waals surface area contributed by atoms with Crippen LogP contribution in [0.15, 0.2) is 39.9 Å². The maximum atomic E-state index is 12.9. The first-order valence-corrected chi connectivity index (χ1v) is 8.52. The first kappa shape index (κ1) is 17.5. The number of benzene rings is 1. The molecule has 0 spiro atoms. The number of fused-ring (bicyclic) bond motifs is 1. The molecule has 25 heavy (non-hydrogen) atoms. The molecule has 0 aliphatic carbocycles. The zero-order chi connectivity index (χ0) is 18.1. The van der Waals surface area contributed by atoms with Crippen LogP contribution < -0.4 is 11.1 Å². The number of hydrogen-bond donors (Lipinski definition) is 1. The first-order chi connectivity index (χ1) is 11.9. The van der Waals surface area contributed by atoms with E-state index in [0.717, 1.165) is 13.0 Å². The Labute approximate surface area is 150 Å². The summed E-state index contributed by atoms with van der Waals surface area (Å²) in [7, 11) is 3.99. The molecular formula is C18H21ClN4O2. The maximum absolute atomic E-state index is 12.9. The highest BCUT2D eigenvalue weighted by Gasteiger charge is 2.16. The number of aryl methyl sites for hydroxylation is 1. The monoisotopic (exact) mass is 360 g/mol. The summed E-state index contributed by atoms with van der Waals surface area (Å²) in [5, 5.41) is 3.99. The van der Waals surface area contributed by atoms with Crippen LogP contribution in [0.25, 0.3) is 16.6 Å². The Morgan fingerprint density at radius 2 is 1.92 bits per heavy atom. The van der Waals surface area contributed by atoms with E-state index in [0.29, 0.717) is 33.9 Å². The number of pyridine rings is 1. The standard InChI is InChI=1S/C18H21ClN4O2/c1-12-17-14(11-16(24)22(12)10-6-9-21(2)3)20-23(18(17)25)15-8-5-4-7-13(15)19/h4-5,7-8,11,20H,6,9-10H2,1-3H3. The molecule has 0 bridgehead atoms. The lowest BCUT2D eigenvalue weighted by Crippen LogP contribution is -2.25. The summed E-state index contributed by atoms with van der Waals surface area (Å²) >= 11 is 6.21. The van der Waals surface area contributed by atoms with Gasteiger partial charge in [0, 0.05) is 18.3 Å². The van der Waals surface area contributed by atoms with Crippen LogP contribution in [-0.2, 0) is 6.54 Å². The van der Waals surface area contributed by atoms with Gasteiger partial charge in [-0.1, -0.05) is 23.7 Å². The fourth-order valence-electron chi connectivity index (χ4n) is 3.04. The Hall–Kier alpha value is -2.31. The van der Waals surface area contributed by atoms with Crippen LogP contribution in [0.3, 0.4) is 0 Å². The van der Waals surface area contributed by atoms with E-state index in [4.69, 9.17) is 11.6 Å². The maximum Gasteiger partial charge on any atom is 0.280 e. The van der Waals surface area contributed by atoms with E-state index >= 15 is 0 Å².